The van der Waals surface area contributed by atoms with Crippen LogP contribution in [0.2, 0.25) is 0 Å². The topological polar surface area (TPSA) is 51.8 Å². The smallest absolute Gasteiger partial charge is 0.164 e. The van der Waals surface area contributed by atoms with Crippen LogP contribution in [0.25, 0.3) is 98.5 Å². The Morgan fingerprint density at radius 2 is 0.940 bits per heavy atom. The van der Waals surface area contributed by atoms with Crippen molar-refractivity contribution in [2.24, 2.45) is 0 Å². The van der Waals surface area contributed by atoms with Crippen molar-refractivity contribution in [1.82, 2.24) is 15.0 Å². The summed E-state index contributed by atoms with van der Waals surface area (Å²) < 4.78 is 9.08. The van der Waals surface area contributed by atoms with Crippen LogP contribution in [0.3, 0.4) is 0 Å². The van der Waals surface area contributed by atoms with E-state index in [0.29, 0.717) is 17.5 Å². The second-order valence-corrected chi connectivity index (χ2v) is 13.5. The quantitative estimate of drug-likeness (QED) is 0.185. The Balaban J connectivity index is 1.23. The third-order valence-electron chi connectivity index (χ3n) is 9.32. The molecule has 50 heavy (non-hydrogen) atoms. The molecule has 0 saturated heterocycles. The number of nitrogens with zero attached hydrogens (tertiary/aromatic N) is 3. The molecule has 0 radical (unpaired) electrons. The van der Waals surface area contributed by atoms with Gasteiger partial charge in [-0.25, -0.2) is 15.0 Å². The summed E-state index contributed by atoms with van der Waals surface area (Å²) in [4.78, 5) is 15.1. The van der Waals surface area contributed by atoms with Crippen molar-refractivity contribution < 1.29 is 4.42 Å². The molecule has 0 amide bonds. The average Bonchev–Trinajstić information content (AvgIpc) is 3.76. The van der Waals surface area contributed by atoms with Crippen LogP contribution in [0, 0.1) is 0 Å². The van der Waals surface area contributed by atoms with Crippen molar-refractivity contribution in [3.63, 3.8) is 0 Å². The minimum absolute atomic E-state index is 0.612. The lowest BCUT2D eigenvalue weighted by atomic mass is 9.94. The predicted octanol–water partition coefficient (Wildman–Crippen LogP) is 12.5. The van der Waals surface area contributed by atoms with Gasteiger partial charge in [-0.2, -0.15) is 0 Å². The maximum Gasteiger partial charge on any atom is 0.164 e. The van der Waals surface area contributed by atoms with Crippen molar-refractivity contribution >= 4 is 53.4 Å². The van der Waals surface area contributed by atoms with Gasteiger partial charge in [0.2, 0.25) is 0 Å². The Kier molecular flexibility index (Phi) is 6.64. The van der Waals surface area contributed by atoms with Gasteiger partial charge in [-0.1, -0.05) is 127 Å². The number of hydrogen-bond acceptors (Lipinski definition) is 5. The minimum atomic E-state index is 0.612. The van der Waals surface area contributed by atoms with Crippen molar-refractivity contribution in [1.29, 1.82) is 0 Å². The van der Waals surface area contributed by atoms with Crippen molar-refractivity contribution in [3.05, 3.63) is 164 Å². The second kappa shape index (κ2) is 11.6. The lowest BCUT2D eigenvalue weighted by molar-refractivity contribution is 0.670. The molecule has 0 bridgehead atoms. The predicted molar refractivity (Wildman–Crippen MR) is 207 cm³/mol. The molecule has 0 aliphatic rings. The first kappa shape index (κ1) is 28.6. The Labute approximate surface area is 292 Å². The molecule has 0 aliphatic carbocycles. The molecule has 3 aromatic heterocycles. The molecule has 4 nitrogen and oxygen atoms in total. The Bertz CT molecular complexity index is 2820. The third-order valence-corrected chi connectivity index (χ3v) is 10.5. The number of fused-ring (bicyclic) bond motifs is 6. The van der Waals surface area contributed by atoms with E-state index in [9.17, 15) is 0 Å². The number of aromatic nitrogens is 3. The van der Waals surface area contributed by atoms with E-state index in [2.05, 4.69) is 91.0 Å². The molecular formula is C45H27N3OS. The van der Waals surface area contributed by atoms with Crippen molar-refractivity contribution in [2.75, 3.05) is 0 Å². The SMILES string of the molecule is c1ccc(-c2nc(-c3ccccc3)nc(-c3cc(-c4ccc5c(c4)sc4ccccc45)cc(-c4cccc5c4oc4ccccc45)c3)n2)cc1. The van der Waals surface area contributed by atoms with Crippen LogP contribution in [0.1, 0.15) is 0 Å². The molecule has 0 N–H and O–H groups in total. The van der Waals surface area contributed by atoms with Gasteiger partial charge in [0.1, 0.15) is 11.2 Å². The highest BCUT2D eigenvalue weighted by atomic mass is 32.1. The maximum absolute atomic E-state index is 6.53. The summed E-state index contributed by atoms with van der Waals surface area (Å²) in [6.45, 7) is 0. The standard InChI is InChI=1S/C45H27N3OS/c1-3-12-28(13-4-1)43-46-44(29-14-5-2-6-15-29)48-45(47-43)33-25-31(30-22-23-37-36-17-8-10-21-40(36)50-41(37)27-30)24-32(26-33)34-18-11-19-38-35-16-7-9-20-39(35)49-42(34)38/h1-27H. The van der Waals surface area contributed by atoms with E-state index < -0.39 is 0 Å². The zero-order valence-corrected chi connectivity index (χ0v) is 27.6. The first-order valence-corrected chi connectivity index (χ1v) is 17.4. The van der Waals surface area contributed by atoms with Crippen LogP contribution in [0.4, 0.5) is 0 Å². The number of rotatable bonds is 5. The van der Waals surface area contributed by atoms with Crippen molar-refractivity contribution in [3.8, 4) is 56.4 Å². The van der Waals surface area contributed by atoms with E-state index in [1.54, 1.807) is 0 Å². The van der Waals surface area contributed by atoms with Gasteiger partial charge in [0, 0.05) is 53.2 Å². The highest BCUT2D eigenvalue weighted by Gasteiger charge is 2.18. The van der Waals surface area contributed by atoms with E-state index in [4.69, 9.17) is 19.4 Å². The fourth-order valence-electron chi connectivity index (χ4n) is 6.90. The van der Waals surface area contributed by atoms with Gasteiger partial charge in [0.05, 0.1) is 0 Å². The summed E-state index contributed by atoms with van der Waals surface area (Å²) in [5.74, 6) is 1.88. The third kappa shape index (κ3) is 4.87. The highest BCUT2D eigenvalue weighted by molar-refractivity contribution is 7.25. The van der Waals surface area contributed by atoms with E-state index in [0.717, 1.165) is 60.9 Å². The zero-order chi connectivity index (χ0) is 33.0. The summed E-state index contributed by atoms with van der Waals surface area (Å²) in [6, 6.07) is 56.9. The molecule has 0 saturated carbocycles. The largest absolute Gasteiger partial charge is 0.455 e. The van der Waals surface area contributed by atoms with E-state index in [1.165, 1.54) is 20.2 Å². The fourth-order valence-corrected chi connectivity index (χ4v) is 8.04. The van der Waals surface area contributed by atoms with Gasteiger partial charge in [-0.15, -0.1) is 11.3 Å². The number of para-hydroxylation sites is 2. The van der Waals surface area contributed by atoms with Crippen LogP contribution in [-0.4, -0.2) is 15.0 Å². The molecule has 0 aliphatic heterocycles. The maximum atomic E-state index is 6.53. The number of thiophene rings is 1. The zero-order valence-electron chi connectivity index (χ0n) is 26.7. The van der Waals surface area contributed by atoms with Crippen LogP contribution >= 0.6 is 11.3 Å². The first-order chi connectivity index (χ1) is 24.7. The van der Waals surface area contributed by atoms with Gasteiger partial charge >= 0.3 is 0 Å². The van der Waals surface area contributed by atoms with E-state index >= 15 is 0 Å². The summed E-state index contributed by atoms with van der Waals surface area (Å²) in [5, 5.41) is 4.76. The van der Waals surface area contributed by atoms with Crippen LogP contribution in [-0.2, 0) is 0 Å². The molecule has 5 heteroatoms. The van der Waals surface area contributed by atoms with E-state index in [1.807, 2.05) is 84.1 Å². The molecule has 0 atom stereocenters. The van der Waals surface area contributed by atoms with Gasteiger partial charge in [-0.05, 0) is 53.1 Å². The fraction of sp³-hybridized carbons (Fsp3) is 0. The van der Waals surface area contributed by atoms with Crippen LogP contribution in [0.5, 0.6) is 0 Å². The molecule has 0 spiro atoms. The summed E-state index contributed by atoms with van der Waals surface area (Å²) in [7, 11) is 0. The van der Waals surface area contributed by atoms with Gasteiger partial charge in [-0.3, -0.25) is 0 Å². The molecule has 7 aromatic carbocycles. The van der Waals surface area contributed by atoms with Crippen LogP contribution in [0.15, 0.2) is 168 Å². The molecular weight excluding hydrogens is 631 g/mol. The molecule has 0 fully saturated rings. The molecule has 234 valence electrons. The lowest BCUT2D eigenvalue weighted by Crippen LogP contribution is -2.00. The van der Waals surface area contributed by atoms with Crippen LogP contribution < -0.4 is 0 Å². The highest BCUT2D eigenvalue weighted by Crippen LogP contribution is 2.41. The summed E-state index contributed by atoms with van der Waals surface area (Å²) in [5.41, 5.74) is 8.77. The summed E-state index contributed by atoms with van der Waals surface area (Å²) >= 11 is 1.83. The minimum Gasteiger partial charge on any atom is -0.455 e. The van der Waals surface area contributed by atoms with Gasteiger partial charge in [0.25, 0.3) is 0 Å². The molecule has 10 rings (SSSR count). The Hall–Kier alpha value is -6.43. The number of hydrogen-bond donors (Lipinski definition) is 0. The Morgan fingerprint density at radius 1 is 0.360 bits per heavy atom. The van der Waals surface area contributed by atoms with E-state index in [-0.39, 0.29) is 0 Å². The van der Waals surface area contributed by atoms with Gasteiger partial charge < -0.3 is 4.42 Å². The monoisotopic (exact) mass is 657 g/mol. The lowest BCUT2D eigenvalue weighted by Gasteiger charge is -2.13. The first-order valence-electron chi connectivity index (χ1n) is 16.6. The molecule has 3 heterocycles. The number of benzene rings is 7. The normalized spacial score (nSPS) is 11.6. The average molecular weight is 658 g/mol. The Morgan fingerprint density at radius 3 is 1.70 bits per heavy atom. The second-order valence-electron chi connectivity index (χ2n) is 12.4. The number of furan rings is 1. The molecule has 10 aromatic rings. The van der Waals surface area contributed by atoms with Gasteiger partial charge in [0.15, 0.2) is 17.5 Å². The summed E-state index contributed by atoms with van der Waals surface area (Å²) in [6.07, 6.45) is 0. The van der Waals surface area contributed by atoms with Crippen molar-refractivity contribution in [2.45, 2.75) is 0 Å². The molecule has 0 unspecified atom stereocenters.